The van der Waals surface area contributed by atoms with E-state index in [1.165, 1.54) is 123 Å². The number of unbranched alkanes of at least 4 members (excludes halogenated alkanes) is 33. The van der Waals surface area contributed by atoms with Gasteiger partial charge in [0.05, 0.1) is 31.6 Å². The van der Waals surface area contributed by atoms with Gasteiger partial charge < -0.3 is 67.9 Å². The molecule has 0 aromatic carbocycles. The maximum Gasteiger partial charge on any atom is 0.470 e. The minimum absolute atomic E-state index is 0.0798. The van der Waals surface area contributed by atoms with Crippen LogP contribution in [0.5, 0.6) is 0 Å². The Morgan fingerprint density at radius 3 is 1.42 bits per heavy atom. The van der Waals surface area contributed by atoms with Crippen LogP contribution >= 0.6 is 15.4 Å². The first-order chi connectivity index (χ1) is 42.6. The van der Waals surface area contributed by atoms with Gasteiger partial charge in [-0.3, -0.25) is 13.9 Å². The van der Waals surface area contributed by atoms with Crippen LogP contribution in [0, 0.1) is 0 Å². The zero-order valence-electron chi connectivity index (χ0n) is 56.5. The van der Waals surface area contributed by atoms with E-state index in [1.807, 2.05) is 0 Å². The summed E-state index contributed by atoms with van der Waals surface area (Å²) in [6.45, 7) is 9.08. The van der Waals surface area contributed by atoms with Crippen LogP contribution in [0.25, 0.3) is 0 Å². The fourth-order valence-corrected chi connectivity index (χ4v) is 13.3. The van der Waals surface area contributed by atoms with E-state index in [1.54, 1.807) is 7.11 Å². The second kappa shape index (κ2) is 54.4. The first-order valence-electron chi connectivity index (χ1n) is 35.8. The van der Waals surface area contributed by atoms with E-state index in [-0.39, 0.29) is 44.7 Å². The second-order valence-electron chi connectivity index (χ2n) is 25.4. The lowest BCUT2D eigenvalue weighted by Gasteiger charge is -2.47. The lowest BCUT2D eigenvalue weighted by atomic mass is 9.93. The smallest absolute Gasteiger partial charge is 0.387 e. The Bertz CT molecular complexity index is 1740. The molecule has 0 spiro atoms. The van der Waals surface area contributed by atoms with Gasteiger partial charge in [-0.25, -0.2) is 4.57 Å². The lowest BCUT2D eigenvalue weighted by Crippen LogP contribution is -2.67. The third-order valence-electron chi connectivity index (χ3n) is 17.4. The molecule has 1 amide bonds. The molecule has 6 N–H and O–H groups in total. The van der Waals surface area contributed by atoms with Gasteiger partial charge in [-0.1, -0.05) is 239 Å². The van der Waals surface area contributed by atoms with Crippen molar-refractivity contribution in [1.29, 1.82) is 0 Å². The average Bonchev–Trinajstić information content (AvgIpc) is 1.64. The van der Waals surface area contributed by atoms with Gasteiger partial charge in [0.1, 0.15) is 48.8 Å². The quantitative estimate of drug-likeness (QED) is 0.0188. The monoisotopic (exact) mass is 1300 g/mol. The van der Waals surface area contributed by atoms with Gasteiger partial charge in [0, 0.05) is 40.5 Å². The number of hydrogen-bond acceptors (Lipinski definition) is 13. The summed E-state index contributed by atoms with van der Waals surface area (Å²) in [6.07, 6.45) is 37.5. The maximum atomic E-state index is 14.2. The zero-order chi connectivity index (χ0) is 64.4. The van der Waals surface area contributed by atoms with Gasteiger partial charge in [-0.05, 0) is 64.2 Å². The number of hydrogen-bond donors (Lipinski definition) is 6. The van der Waals surface area contributed by atoms with Crippen LogP contribution < -0.4 is 5.32 Å². The Morgan fingerprint density at radius 2 is 0.943 bits per heavy atom. The third kappa shape index (κ3) is 41.7. The molecule has 0 aromatic rings. The summed E-state index contributed by atoms with van der Waals surface area (Å²) in [5.74, 6) is -0.343. The van der Waals surface area contributed by atoms with E-state index < -0.39 is 82.7 Å². The van der Waals surface area contributed by atoms with E-state index in [4.69, 9.17) is 42.4 Å². The topological polar surface area (TPSA) is 247 Å². The van der Waals surface area contributed by atoms with Crippen LogP contribution in [0.4, 0.5) is 0 Å². The Labute approximate surface area is 535 Å². The molecule has 2 aliphatic heterocycles. The number of nitrogens with one attached hydrogen (secondary N) is 1. The van der Waals surface area contributed by atoms with Crippen molar-refractivity contribution in [3.8, 4) is 0 Å². The van der Waals surface area contributed by atoms with E-state index in [9.17, 15) is 38.6 Å². The number of phosphoric acid groups is 1. The molecule has 0 aliphatic carbocycles. The first kappa shape index (κ1) is 83.2. The standard InChI is InChI=1S/C68H133NO17P2/c1-7-11-15-19-22-25-28-29-30-31-32-33-36-40-44-48-61(70)69-62-66(82-53-49-57(79-6)47-43-39-18-14-10-4)65(86-88(75,76)77)60(55-78-5)85-68(62)83-56-59-63(71)67(81-52-46-42-38-35-27-24-21-17-13-9-3)64(58(84-59)50-54-87(72,73)74)80-51-45-41-37-34-26-23-20-16-12-8-2/h29-30,57-60,62-68,71H,7-28,31-56H2,1-6H3,(H,69,70)(H2,72,73,74)(H2,75,76,77)/b30-29+/t57-,58-,59-,60-,62-,63-,64+,65-,66-,67+,68-/m1/s1. The molecule has 2 saturated heterocycles. The zero-order valence-corrected chi connectivity index (χ0v) is 58.3. The number of ether oxygens (including phenoxy) is 8. The van der Waals surface area contributed by atoms with Crippen molar-refractivity contribution >= 4 is 21.3 Å². The molecule has 2 aliphatic rings. The Balaban J connectivity index is 2.43. The summed E-state index contributed by atoms with van der Waals surface area (Å²) in [4.78, 5) is 55.3. The molecule has 0 saturated carbocycles. The Kier molecular flexibility index (Phi) is 51.4. The van der Waals surface area contributed by atoms with Gasteiger partial charge in [-0.2, -0.15) is 0 Å². The van der Waals surface area contributed by atoms with E-state index >= 15 is 0 Å². The van der Waals surface area contributed by atoms with Gasteiger partial charge >= 0.3 is 15.4 Å². The molecule has 88 heavy (non-hydrogen) atoms. The fourth-order valence-electron chi connectivity index (χ4n) is 12.2. The van der Waals surface area contributed by atoms with Gasteiger partial charge in [0.2, 0.25) is 5.91 Å². The largest absolute Gasteiger partial charge is 0.470 e. The molecule has 0 radical (unpaired) electrons. The maximum absolute atomic E-state index is 14.2. The number of carbonyl (C=O) groups excluding carboxylic acids is 1. The fraction of sp³-hybridized carbons (Fsp3) is 0.956. The number of rotatable bonds is 61. The molecule has 2 heterocycles. The van der Waals surface area contributed by atoms with Crippen LogP contribution in [-0.2, 0) is 56.3 Å². The van der Waals surface area contributed by atoms with Crippen molar-refractivity contribution in [2.24, 2.45) is 0 Å². The highest BCUT2D eigenvalue weighted by atomic mass is 31.2. The van der Waals surface area contributed by atoms with Crippen molar-refractivity contribution in [1.82, 2.24) is 5.32 Å². The first-order valence-corrected chi connectivity index (χ1v) is 39.1. The van der Waals surface area contributed by atoms with Crippen LogP contribution in [-0.4, -0.2) is 151 Å². The second-order valence-corrected chi connectivity index (χ2v) is 28.4. The molecular formula is C68H133NO17P2. The molecule has 0 aromatic heterocycles. The van der Waals surface area contributed by atoms with Gasteiger partial charge in [0.15, 0.2) is 6.29 Å². The molecule has 2 fully saturated rings. The van der Waals surface area contributed by atoms with Crippen LogP contribution in [0.3, 0.4) is 0 Å². The molecule has 11 atom stereocenters. The summed E-state index contributed by atoms with van der Waals surface area (Å²) in [5.41, 5.74) is 0. The van der Waals surface area contributed by atoms with E-state index in [0.29, 0.717) is 26.1 Å². The number of methoxy groups -OCH3 is 2. The van der Waals surface area contributed by atoms with Crippen LogP contribution in [0.15, 0.2) is 12.2 Å². The van der Waals surface area contributed by atoms with Gasteiger partial charge in [-0.15, -0.1) is 0 Å². The molecule has 2 rings (SSSR count). The number of carbonyl (C=O) groups is 1. The highest BCUT2D eigenvalue weighted by molar-refractivity contribution is 7.51. The summed E-state index contributed by atoms with van der Waals surface area (Å²) >= 11 is 0. The molecule has 522 valence electrons. The lowest BCUT2D eigenvalue weighted by molar-refractivity contribution is -0.298. The summed E-state index contributed by atoms with van der Waals surface area (Å²) in [7, 11) is -6.64. The molecule has 0 unspecified atom stereocenters. The number of amides is 1. The van der Waals surface area contributed by atoms with Crippen molar-refractivity contribution < 1.29 is 81.0 Å². The molecular weight excluding hydrogens is 1160 g/mol. The molecule has 20 heteroatoms. The average molecular weight is 1300 g/mol. The predicted molar refractivity (Wildman–Crippen MR) is 353 cm³/mol. The predicted octanol–water partition coefficient (Wildman–Crippen LogP) is 15.8. The number of aliphatic hydroxyl groups is 1. The summed E-state index contributed by atoms with van der Waals surface area (Å²) in [5, 5.41) is 15.5. The highest BCUT2D eigenvalue weighted by Gasteiger charge is 2.52. The number of aliphatic hydroxyl groups excluding tert-OH is 1. The minimum atomic E-state index is -5.20. The van der Waals surface area contributed by atoms with Crippen molar-refractivity contribution in [2.75, 3.05) is 53.4 Å². The number of phosphoric ester groups is 1. The van der Waals surface area contributed by atoms with Gasteiger partial charge in [0.25, 0.3) is 0 Å². The minimum Gasteiger partial charge on any atom is -0.387 e. The number of allylic oxidation sites excluding steroid dienone is 2. The van der Waals surface area contributed by atoms with Crippen molar-refractivity contribution in [2.45, 2.75) is 365 Å². The summed E-state index contributed by atoms with van der Waals surface area (Å²) < 4.78 is 81.8. The van der Waals surface area contributed by atoms with E-state index in [0.717, 1.165) is 128 Å². The normalized spacial score (nSPS) is 23.1. The van der Waals surface area contributed by atoms with Crippen molar-refractivity contribution in [3.63, 3.8) is 0 Å². The third-order valence-corrected chi connectivity index (χ3v) is 18.8. The Hall–Kier alpha value is -0.890. The SMILES string of the molecule is CCCCCCCC/C=C/CCCCCCCC(=O)N[C@H]1[C@H](OC[C@H]2O[C@H](CCP(=O)(O)O)[C@H](OCCCCCCCCCCCC)[C@@H](OCCCCCCCCCCCC)[C@@H]2O)O[C@H](COC)[C@@H](OP(=O)(O)O)[C@@H]1OCC[C@@H](CCCCCCC)OC. The summed E-state index contributed by atoms with van der Waals surface area (Å²) in [6, 6.07) is -1.19. The molecule has 18 nitrogen and oxygen atoms in total. The molecule has 0 bridgehead atoms. The van der Waals surface area contributed by atoms with Crippen LogP contribution in [0.2, 0.25) is 0 Å². The highest BCUT2D eigenvalue weighted by Crippen LogP contribution is 2.43. The van der Waals surface area contributed by atoms with Crippen molar-refractivity contribution in [3.05, 3.63) is 12.2 Å². The van der Waals surface area contributed by atoms with E-state index in [2.05, 4.69) is 45.2 Å². The van der Waals surface area contributed by atoms with Crippen LogP contribution in [0.1, 0.15) is 297 Å². The Morgan fingerprint density at radius 1 is 0.489 bits per heavy atom.